The summed E-state index contributed by atoms with van der Waals surface area (Å²) in [5, 5.41) is 1.18. The highest BCUT2D eigenvalue weighted by Crippen LogP contribution is 2.30. The van der Waals surface area contributed by atoms with Gasteiger partial charge in [0.25, 0.3) is 0 Å². The lowest BCUT2D eigenvalue weighted by molar-refractivity contribution is 1.33. The molecule has 0 aliphatic heterocycles. The van der Waals surface area contributed by atoms with Crippen molar-refractivity contribution in [3.63, 3.8) is 0 Å². The van der Waals surface area contributed by atoms with Crippen LogP contribution in [0.1, 0.15) is 0 Å². The van der Waals surface area contributed by atoms with Crippen molar-refractivity contribution in [1.82, 2.24) is 4.09 Å². The van der Waals surface area contributed by atoms with Crippen molar-refractivity contribution >= 4 is 22.7 Å². The van der Waals surface area contributed by atoms with E-state index in [-0.39, 0.29) is 0 Å². The van der Waals surface area contributed by atoms with Crippen LogP contribution in [0.15, 0.2) is 60.8 Å². The summed E-state index contributed by atoms with van der Waals surface area (Å²) in [4.78, 5) is 0. The molecule has 3 aromatic rings. The van der Waals surface area contributed by atoms with Gasteiger partial charge in [-0.2, -0.15) is 0 Å². The van der Waals surface area contributed by atoms with Crippen LogP contribution in [0.2, 0.25) is 0 Å². The maximum absolute atomic E-state index is 6.14. The molecule has 1 heterocycles. The Balaban J connectivity index is 2.33. The van der Waals surface area contributed by atoms with E-state index in [2.05, 4.69) is 18.2 Å². The Bertz CT molecular complexity index is 626. The van der Waals surface area contributed by atoms with Crippen LogP contribution in [0.25, 0.3) is 22.0 Å². The minimum Gasteiger partial charge on any atom is -0.260 e. The minimum atomic E-state index is 1.04. The molecule has 1 nitrogen and oxygen atoms in total. The Kier molecular flexibility index (Phi) is 2.19. The molecule has 3 rings (SSSR count). The van der Waals surface area contributed by atoms with Crippen molar-refractivity contribution in [1.29, 1.82) is 0 Å². The second kappa shape index (κ2) is 3.69. The van der Waals surface area contributed by atoms with E-state index in [0.717, 1.165) is 5.52 Å². The van der Waals surface area contributed by atoms with Crippen LogP contribution < -0.4 is 0 Å². The summed E-state index contributed by atoms with van der Waals surface area (Å²) in [6.45, 7) is 0. The summed E-state index contributed by atoms with van der Waals surface area (Å²) >= 11 is 6.14. The molecular weight excluding hydrogens is 218 g/mol. The van der Waals surface area contributed by atoms with Crippen LogP contribution in [0, 0.1) is 0 Å². The summed E-state index contributed by atoms with van der Waals surface area (Å²) in [6.07, 6.45) is 1.96. The quantitative estimate of drug-likeness (QED) is 0.584. The predicted octanol–water partition coefficient (Wildman–Crippen LogP) is 4.31. The summed E-state index contributed by atoms with van der Waals surface area (Å²) < 4.78 is 1.65. The molecule has 0 amide bonds. The predicted molar refractivity (Wildman–Crippen MR) is 68.6 cm³/mol. The molecule has 0 N–H and O–H groups in total. The van der Waals surface area contributed by atoms with Gasteiger partial charge in [0.15, 0.2) is 0 Å². The lowest BCUT2D eigenvalue weighted by Crippen LogP contribution is -1.73. The third-order valence-corrected chi connectivity index (χ3v) is 3.03. The standard InChI is InChI=1S/C14H10ClN/c15-16-10-13(11-6-2-1-3-7-11)12-8-4-5-9-14(12)16/h1-10H. The number of hydrogen-bond acceptors (Lipinski definition) is 0. The first-order valence-corrected chi connectivity index (χ1v) is 5.52. The topological polar surface area (TPSA) is 4.93 Å². The summed E-state index contributed by atoms with van der Waals surface area (Å²) in [5.41, 5.74) is 3.41. The average Bonchev–Trinajstić information content (AvgIpc) is 2.69. The number of rotatable bonds is 1. The Morgan fingerprint density at radius 3 is 2.31 bits per heavy atom. The molecule has 0 spiro atoms. The third kappa shape index (κ3) is 1.41. The van der Waals surface area contributed by atoms with Crippen molar-refractivity contribution in [2.24, 2.45) is 0 Å². The molecule has 78 valence electrons. The van der Waals surface area contributed by atoms with Gasteiger partial charge in [-0.05, 0) is 11.6 Å². The number of hydrogen-bond donors (Lipinski definition) is 0. The summed E-state index contributed by atoms with van der Waals surface area (Å²) in [6, 6.07) is 18.4. The van der Waals surface area contributed by atoms with E-state index in [9.17, 15) is 0 Å². The van der Waals surface area contributed by atoms with Crippen LogP contribution in [-0.2, 0) is 0 Å². The molecule has 1 aromatic heterocycles. The highest BCUT2D eigenvalue weighted by atomic mass is 35.5. The van der Waals surface area contributed by atoms with E-state index < -0.39 is 0 Å². The zero-order chi connectivity index (χ0) is 11.0. The number of aromatic nitrogens is 1. The number of benzene rings is 2. The number of halogens is 1. The van der Waals surface area contributed by atoms with Crippen molar-refractivity contribution in [3.05, 3.63) is 60.8 Å². The normalized spacial score (nSPS) is 10.8. The Hall–Kier alpha value is -1.73. The van der Waals surface area contributed by atoms with E-state index in [1.807, 2.05) is 42.6 Å². The third-order valence-electron chi connectivity index (χ3n) is 2.75. The minimum absolute atomic E-state index is 1.04. The van der Waals surface area contributed by atoms with Gasteiger partial charge in [0, 0.05) is 28.9 Å². The average molecular weight is 228 g/mol. The molecular formula is C14H10ClN. The highest BCUT2D eigenvalue weighted by Gasteiger charge is 2.07. The van der Waals surface area contributed by atoms with Gasteiger partial charge in [-0.15, -0.1) is 0 Å². The van der Waals surface area contributed by atoms with Crippen LogP contribution in [0.4, 0.5) is 0 Å². The molecule has 0 saturated carbocycles. The monoisotopic (exact) mass is 227 g/mol. The molecule has 0 aliphatic rings. The van der Waals surface area contributed by atoms with Crippen molar-refractivity contribution < 1.29 is 0 Å². The molecule has 16 heavy (non-hydrogen) atoms. The molecule has 0 bridgehead atoms. The fourth-order valence-electron chi connectivity index (χ4n) is 1.99. The molecule has 2 aromatic carbocycles. The molecule has 0 saturated heterocycles. The SMILES string of the molecule is Cln1cc(-c2ccccc2)c2ccccc21. The van der Waals surface area contributed by atoms with Gasteiger partial charge < -0.3 is 0 Å². The maximum atomic E-state index is 6.14. The molecule has 0 fully saturated rings. The van der Waals surface area contributed by atoms with Crippen LogP contribution in [0.3, 0.4) is 0 Å². The van der Waals surface area contributed by atoms with Gasteiger partial charge in [-0.25, -0.2) is 0 Å². The summed E-state index contributed by atoms with van der Waals surface area (Å²) in [5.74, 6) is 0. The summed E-state index contributed by atoms with van der Waals surface area (Å²) in [7, 11) is 0. The largest absolute Gasteiger partial charge is 0.260 e. The maximum Gasteiger partial charge on any atom is 0.0653 e. The highest BCUT2D eigenvalue weighted by molar-refractivity contribution is 6.20. The zero-order valence-electron chi connectivity index (χ0n) is 8.60. The van der Waals surface area contributed by atoms with Gasteiger partial charge in [0.05, 0.1) is 5.52 Å². The van der Waals surface area contributed by atoms with Gasteiger partial charge in [-0.3, -0.25) is 4.09 Å². The van der Waals surface area contributed by atoms with E-state index in [0.29, 0.717) is 0 Å². The Morgan fingerprint density at radius 1 is 0.812 bits per heavy atom. The first-order valence-electron chi connectivity index (χ1n) is 5.18. The second-order valence-corrected chi connectivity index (χ2v) is 4.10. The molecule has 0 unspecified atom stereocenters. The first kappa shape index (κ1) is 9.49. The van der Waals surface area contributed by atoms with E-state index in [1.165, 1.54) is 16.5 Å². The smallest absolute Gasteiger partial charge is 0.0653 e. The first-order chi connectivity index (χ1) is 7.86. The number of para-hydroxylation sites is 1. The number of fused-ring (bicyclic) bond motifs is 1. The molecule has 0 aliphatic carbocycles. The molecule has 2 heteroatoms. The molecule has 0 radical (unpaired) electrons. The zero-order valence-corrected chi connectivity index (χ0v) is 9.35. The van der Waals surface area contributed by atoms with Crippen molar-refractivity contribution in [2.45, 2.75) is 0 Å². The van der Waals surface area contributed by atoms with Crippen molar-refractivity contribution in [2.75, 3.05) is 0 Å². The second-order valence-electron chi connectivity index (χ2n) is 3.74. The van der Waals surface area contributed by atoms with E-state index in [1.54, 1.807) is 4.09 Å². The van der Waals surface area contributed by atoms with E-state index in [4.69, 9.17) is 11.8 Å². The van der Waals surface area contributed by atoms with Crippen LogP contribution >= 0.6 is 11.8 Å². The van der Waals surface area contributed by atoms with Crippen LogP contribution in [0.5, 0.6) is 0 Å². The van der Waals surface area contributed by atoms with Gasteiger partial charge in [0.2, 0.25) is 0 Å². The lowest BCUT2D eigenvalue weighted by Gasteiger charge is -1.97. The molecule has 0 atom stereocenters. The Morgan fingerprint density at radius 2 is 1.50 bits per heavy atom. The van der Waals surface area contributed by atoms with Crippen LogP contribution in [-0.4, -0.2) is 4.09 Å². The lowest BCUT2D eigenvalue weighted by atomic mass is 10.1. The van der Waals surface area contributed by atoms with Gasteiger partial charge in [-0.1, -0.05) is 48.5 Å². The van der Waals surface area contributed by atoms with Crippen molar-refractivity contribution in [3.8, 4) is 11.1 Å². The Labute approximate surface area is 99.0 Å². The number of nitrogens with zero attached hydrogens (tertiary/aromatic N) is 1. The fraction of sp³-hybridized carbons (Fsp3) is 0. The van der Waals surface area contributed by atoms with Gasteiger partial charge >= 0.3 is 0 Å². The van der Waals surface area contributed by atoms with Gasteiger partial charge in [0.1, 0.15) is 0 Å². The fourth-order valence-corrected chi connectivity index (χ4v) is 2.23. The van der Waals surface area contributed by atoms with E-state index >= 15 is 0 Å².